The summed E-state index contributed by atoms with van der Waals surface area (Å²) in [5.41, 5.74) is 2.96. The van der Waals surface area contributed by atoms with Crippen molar-refractivity contribution in [2.75, 3.05) is 6.54 Å². The maximum absolute atomic E-state index is 13.0. The van der Waals surface area contributed by atoms with E-state index >= 15 is 0 Å². The number of carboxylic acid groups (broad SMARTS) is 2. The van der Waals surface area contributed by atoms with E-state index in [1.807, 2.05) is 38.1 Å². The van der Waals surface area contributed by atoms with Crippen LogP contribution in [0.4, 0.5) is 0 Å². The number of nitrogens with one attached hydrogen (secondary N) is 5. The van der Waals surface area contributed by atoms with Crippen LogP contribution < -0.4 is 26.6 Å². The summed E-state index contributed by atoms with van der Waals surface area (Å²) in [6.45, 7) is 11.7. The zero-order valence-electron chi connectivity index (χ0n) is 26.7. The number of allylic oxidation sites excluding steroid dienone is 1. The van der Waals surface area contributed by atoms with Crippen molar-refractivity contribution in [2.24, 2.45) is 0 Å². The minimum absolute atomic E-state index is 0.0680. The van der Waals surface area contributed by atoms with Gasteiger partial charge in [-0.15, -0.1) is 0 Å². The van der Waals surface area contributed by atoms with E-state index < -0.39 is 66.5 Å². The van der Waals surface area contributed by atoms with Crippen LogP contribution in [0.5, 0.6) is 0 Å². The lowest BCUT2D eigenvalue weighted by molar-refractivity contribution is -0.144. The van der Waals surface area contributed by atoms with E-state index in [1.54, 1.807) is 13.8 Å². The highest BCUT2D eigenvalue weighted by atomic mass is 16.4. The van der Waals surface area contributed by atoms with E-state index in [9.17, 15) is 33.9 Å². The maximum Gasteiger partial charge on any atom is 0.326 e. The molecule has 0 radical (unpaired) electrons. The number of carboxylic acids is 2. The Morgan fingerprint density at radius 3 is 1.93 bits per heavy atom. The van der Waals surface area contributed by atoms with Crippen LogP contribution in [0.15, 0.2) is 36.5 Å². The van der Waals surface area contributed by atoms with Crippen LogP contribution in [0.2, 0.25) is 0 Å². The molecule has 3 atom stereocenters. The first-order chi connectivity index (χ1) is 21.2. The molecule has 0 aliphatic carbocycles. The standard InChI is InChI=1S/C32H49N5O8/c1-20(2)33-18-7-6-10-24(30(42)34-21(3)4)36-28(39)19-26(32(44)45)37-31(43)25(16-17-29(40)41)35-27(38)11-8-9-23-14-12-22(5)13-15-23/h12-15,21,24-26,33H,1,6-11,16-19H2,2-5H3,(H,34,42)(H,35,38)(H,36,39)(H,37,43)(H,40,41)(H,44,45). The summed E-state index contributed by atoms with van der Waals surface area (Å²) in [5.74, 6) is -5.31. The van der Waals surface area contributed by atoms with Crippen LogP contribution in [0.3, 0.4) is 0 Å². The van der Waals surface area contributed by atoms with Gasteiger partial charge in [-0.25, -0.2) is 4.79 Å². The van der Waals surface area contributed by atoms with E-state index in [4.69, 9.17) is 5.11 Å². The van der Waals surface area contributed by atoms with E-state index in [1.165, 1.54) is 0 Å². The predicted octanol–water partition coefficient (Wildman–Crippen LogP) is 1.93. The van der Waals surface area contributed by atoms with Crippen molar-refractivity contribution in [3.05, 3.63) is 47.7 Å². The Morgan fingerprint density at radius 1 is 0.756 bits per heavy atom. The van der Waals surface area contributed by atoms with Gasteiger partial charge in [0.25, 0.3) is 0 Å². The van der Waals surface area contributed by atoms with Crippen molar-refractivity contribution in [1.82, 2.24) is 26.6 Å². The smallest absolute Gasteiger partial charge is 0.326 e. The van der Waals surface area contributed by atoms with Crippen molar-refractivity contribution in [3.63, 3.8) is 0 Å². The average molecular weight is 632 g/mol. The number of carbonyl (C=O) groups is 6. The third kappa shape index (κ3) is 17.5. The number of amides is 4. The van der Waals surface area contributed by atoms with Gasteiger partial charge in [-0.3, -0.25) is 24.0 Å². The lowest BCUT2D eigenvalue weighted by Gasteiger charge is -2.23. The van der Waals surface area contributed by atoms with Gasteiger partial charge in [0.15, 0.2) is 0 Å². The molecule has 0 spiro atoms. The van der Waals surface area contributed by atoms with Crippen molar-refractivity contribution in [3.8, 4) is 0 Å². The third-order valence-corrected chi connectivity index (χ3v) is 6.72. The van der Waals surface area contributed by atoms with Crippen LogP contribution >= 0.6 is 0 Å². The van der Waals surface area contributed by atoms with Gasteiger partial charge in [-0.2, -0.15) is 0 Å². The molecule has 3 unspecified atom stereocenters. The van der Waals surface area contributed by atoms with E-state index in [2.05, 4.69) is 33.2 Å². The summed E-state index contributed by atoms with van der Waals surface area (Å²) < 4.78 is 0. The molecule has 0 saturated heterocycles. The second-order valence-corrected chi connectivity index (χ2v) is 11.5. The number of hydrogen-bond donors (Lipinski definition) is 7. The number of unbranched alkanes of at least 4 members (excludes halogenated alkanes) is 1. The molecule has 0 saturated carbocycles. The third-order valence-electron chi connectivity index (χ3n) is 6.72. The number of aliphatic carboxylic acids is 2. The summed E-state index contributed by atoms with van der Waals surface area (Å²) in [7, 11) is 0. The largest absolute Gasteiger partial charge is 0.481 e. The monoisotopic (exact) mass is 631 g/mol. The van der Waals surface area contributed by atoms with Gasteiger partial charge in [0.2, 0.25) is 23.6 Å². The molecule has 0 aliphatic heterocycles. The minimum Gasteiger partial charge on any atom is -0.481 e. The topological polar surface area (TPSA) is 203 Å². The zero-order chi connectivity index (χ0) is 33.9. The summed E-state index contributed by atoms with van der Waals surface area (Å²) in [4.78, 5) is 74.4. The molecule has 1 aromatic rings. The summed E-state index contributed by atoms with van der Waals surface area (Å²) >= 11 is 0. The van der Waals surface area contributed by atoms with Crippen molar-refractivity contribution >= 4 is 35.6 Å². The Labute approximate surface area is 265 Å². The molecule has 45 heavy (non-hydrogen) atoms. The van der Waals surface area contributed by atoms with Gasteiger partial charge < -0.3 is 36.8 Å². The first kappa shape index (κ1) is 38.6. The van der Waals surface area contributed by atoms with Crippen molar-refractivity contribution in [2.45, 2.75) is 110 Å². The Balaban J connectivity index is 2.83. The van der Waals surface area contributed by atoms with Crippen molar-refractivity contribution in [1.29, 1.82) is 0 Å². The minimum atomic E-state index is -1.68. The number of aryl methyl sites for hydroxylation is 2. The molecule has 7 N–H and O–H groups in total. The van der Waals surface area contributed by atoms with Crippen LogP contribution in [-0.4, -0.2) is 76.5 Å². The molecule has 1 rings (SSSR count). The van der Waals surface area contributed by atoms with Crippen LogP contribution in [0.1, 0.15) is 83.3 Å². The molecular weight excluding hydrogens is 582 g/mol. The SMILES string of the molecule is C=C(C)NCCCCC(NC(=O)CC(NC(=O)C(CCC(=O)O)NC(=O)CCCc1ccc(C)cc1)C(=O)O)C(=O)NC(C)C. The first-order valence-corrected chi connectivity index (χ1v) is 15.3. The maximum atomic E-state index is 13.0. The highest BCUT2D eigenvalue weighted by molar-refractivity contribution is 5.94. The Kier molecular flexibility index (Phi) is 17.6. The molecule has 0 aliphatic rings. The lowest BCUT2D eigenvalue weighted by Crippen LogP contribution is -2.54. The van der Waals surface area contributed by atoms with Gasteiger partial charge in [0.1, 0.15) is 18.1 Å². The Morgan fingerprint density at radius 2 is 1.36 bits per heavy atom. The molecule has 0 aromatic heterocycles. The lowest BCUT2D eigenvalue weighted by atomic mass is 10.1. The first-order valence-electron chi connectivity index (χ1n) is 15.3. The van der Waals surface area contributed by atoms with Crippen molar-refractivity contribution < 1.29 is 39.0 Å². The fraction of sp³-hybridized carbons (Fsp3) is 0.562. The second-order valence-electron chi connectivity index (χ2n) is 11.5. The van der Waals surface area contributed by atoms with Crippen LogP contribution in [0.25, 0.3) is 0 Å². The molecule has 1 aromatic carbocycles. The highest BCUT2D eigenvalue weighted by Gasteiger charge is 2.30. The molecule has 0 heterocycles. The van der Waals surface area contributed by atoms with E-state index in [0.29, 0.717) is 38.6 Å². The van der Waals surface area contributed by atoms with Gasteiger partial charge in [0, 0.05) is 31.1 Å². The second kappa shape index (κ2) is 20.5. The molecule has 13 heteroatoms. The molecule has 13 nitrogen and oxygen atoms in total. The quantitative estimate of drug-likeness (QED) is 0.0933. The zero-order valence-corrected chi connectivity index (χ0v) is 26.7. The van der Waals surface area contributed by atoms with Gasteiger partial charge in [-0.05, 0) is 71.8 Å². The van der Waals surface area contributed by atoms with Gasteiger partial charge >= 0.3 is 11.9 Å². The number of benzene rings is 1. The highest BCUT2D eigenvalue weighted by Crippen LogP contribution is 2.09. The fourth-order valence-corrected chi connectivity index (χ4v) is 4.35. The molecule has 0 fully saturated rings. The average Bonchev–Trinajstić information content (AvgIpc) is 2.94. The number of carbonyl (C=O) groups excluding carboxylic acids is 4. The molecule has 250 valence electrons. The van der Waals surface area contributed by atoms with Crippen LogP contribution in [-0.2, 0) is 35.2 Å². The fourth-order valence-electron chi connectivity index (χ4n) is 4.35. The van der Waals surface area contributed by atoms with Crippen LogP contribution in [0, 0.1) is 6.92 Å². The number of hydrogen-bond acceptors (Lipinski definition) is 7. The molecule has 4 amide bonds. The summed E-state index contributed by atoms with van der Waals surface area (Å²) in [6, 6.07) is 3.73. The Bertz CT molecular complexity index is 1170. The summed E-state index contributed by atoms with van der Waals surface area (Å²) in [5, 5.41) is 32.0. The Hall–Kier alpha value is -4.42. The number of rotatable bonds is 22. The van der Waals surface area contributed by atoms with E-state index in [0.717, 1.165) is 16.8 Å². The normalized spacial score (nSPS) is 12.7. The van der Waals surface area contributed by atoms with Gasteiger partial charge in [0.05, 0.1) is 6.42 Å². The molecular formula is C32H49N5O8. The molecule has 0 bridgehead atoms. The predicted molar refractivity (Wildman–Crippen MR) is 169 cm³/mol. The van der Waals surface area contributed by atoms with Gasteiger partial charge in [-0.1, -0.05) is 36.4 Å². The van der Waals surface area contributed by atoms with E-state index in [-0.39, 0.29) is 18.9 Å². The summed E-state index contributed by atoms with van der Waals surface area (Å²) in [6.07, 6.45) is 1.37.